The molecule has 1 amide bonds. The summed E-state index contributed by atoms with van der Waals surface area (Å²) < 4.78 is 16.2. The summed E-state index contributed by atoms with van der Waals surface area (Å²) in [5, 5.41) is 11.6. The standard InChI is InChI=1S/C25H27ClN2O6/c1-32-19-8-5-17(15-20(19)33-2)22-21(23(29)16-3-6-18(26)7-4-16)24(30)25(31)28(22)10-9-27-11-13-34-14-12-27/h3-8,15,22,29H,9-14H2,1-2H3/b23-21-. The van der Waals surface area contributed by atoms with Crippen molar-refractivity contribution >= 4 is 29.1 Å². The van der Waals surface area contributed by atoms with E-state index >= 15 is 0 Å². The Kier molecular flexibility index (Phi) is 7.41. The topological polar surface area (TPSA) is 88.5 Å². The molecule has 0 saturated carbocycles. The Morgan fingerprint density at radius 3 is 2.35 bits per heavy atom. The third-order valence-electron chi connectivity index (χ3n) is 6.14. The van der Waals surface area contributed by atoms with Crippen LogP contribution in [0.3, 0.4) is 0 Å². The predicted molar refractivity (Wildman–Crippen MR) is 127 cm³/mol. The lowest BCUT2D eigenvalue weighted by Crippen LogP contribution is -2.42. The molecule has 9 heteroatoms. The molecule has 34 heavy (non-hydrogen) atoms. The summed E-state index contributed by atoms with van der Waals surface area (Å²) in [6, 6.07) is 10.9. The van der Waals surface area contributed by atoms with Gasteiger partial charge in [-0.05, 0) is 42.0 Å². The fourth-order valence-corrected chi connectivity index (χ4v) is 4.44. The molecule has 4 rings (SSSR count). The summed E-state index contributed by atoms with van der Waals surface area (Å²) in [4.78, 5) is 30.0. The van der Waals surface area contributed by atoms with Crippen molar-refractivity contribution in [3.05, 3.63) is 64.2 Å². The van der Waals surface area contributed by atoms with Crippen LogP contribution in [0.4, 0.5) is 0 Å². The minimum absolute atomic E-state index is 0.0292. The van der Waals surface area contributed by atoms with Crippen LogP contribution in [0.1, 0.15) is 17.2 Å². The maximum absolute atomic E-state index is 13.2. The van der Waals surface area contributed by atoms with Gasteiger partial charge in [0.25, 0.3) is 11.7 Å². The van der Waals surface area contributed by atoms with Crippen molar-refractivity contribution < 1.29 is 28.9 Å². The lowest BCUT2D eigenvalue weighted by atomic mass is 9.95. The van der Waals surface area contributed by atoms with Crippen LogP contribution in [0.5, 0.6) is 11.5 Å². The number of rotatable bonds is 7. The normalized spacial score (nSPS) is 20.6. The van der Waals surface area contributed by atoms with Crippen molar-refractivity contribution in [2.45, 2.75) is 6.04 Å². The van der Waals surface area contributed by atoms with E-state index in [2.05, 4.69) is 4.90 Å². The van der Waals surface area contributed by atoms with Crippen molar-refractivity contribution in [3.8, 4) is 11.5 Å². The average molecular weight is 487 g/mol. The van der Waals surface area contributed by atoms with Crippen molar-refractivity contribution in [1.29, 1.82) is 0 Å². The van der Waals surface area contributed by atoms with Crippen LogP contribution in [-0.4, -0.2) is 80.2 Å². The van der Waals surface area contributed by atoms with Crippen LogP contribution in [0.25, 0.3) is 5.76 Å². The first-order valence-electron chi connectivity index (χ1n) is 11.0. The van der Waals surface area contributed by atoms with Crippen LogP contribution in [0.2, 0.25) is 5.02 Å². The Morgan fingerprint density at radius 2 is 1.71 bits per heavy atom. The molecular formula is C25H27ClN2O6. The maximum Gasteiger partial charge on any atom is 0.295 e. The average Bonchev–Trinajstić information content (AvgIpc) is 3.12. The molecule has 0 radical (unpaired) electrons. The number of halogens is 1. The monoisotopic (exact) mass is 486 g/mol. The minimum atomic E-state index is -0.781. The number of morpholine rings is 1. The predicted octanol–water partition coefficient (Wildman–Crippen LogP) is 3.11. The number of aliphatic hydroxyl groups is 1. The van der Waals surface area contributed by atoms with E-state index in [0.717, 1.165) is 13.1 Å². The number of hydrogen-bond donors (Lipinski definition) is 1. The fraction of sp³-hybridized carbons (Fsp3) is 0.360. The van der Waals surface area contributed by atoms with Gasteiger partial charge in [-0.3, -0.25) is 14.5 Å². The fourth-order valence-electron chi connectivity index (χ4n) is 4.32. The van der Waals surface area contributed by atoms with E-state index in [1.807, 2.05) is 0 Å². The zero-order chi connectivity index (χ0) is 24.2. The third kappa shape index (κ3) is 4.75. The van der Waals surface area contributed by atoms with E-state index in [-0.39, 0.29) is 11.3 Å². The number of hydrogen-bond acceptors (Lipinski definition) is 7. The summed E-state index contributed by atoms with van der Waals surface area (Å²) in [6.45, 7) is 3.69. The Morgan fingerprint density at radius 1 is 1.03 bits per heavy atom. The molecule has 1 N–H and O–H groups in total. The molecule has 1 atom stereocenters. The van der Waals surface area contributed by atoms with E-state index in [1.54, 1.807) is 42.5 Å². The summed E-state index contributed by atoms with van der Waals surface area (Å²) in [7, 11) is 3.05. The van der Waals surface area contributed by atoms with Gasteiger partial charge in [-0.15, -0.1) is 0 Å². The van der Waals surface area contributed by atoms with Crippen molar-refractivity contribution in [2.75, 3.05) is 53.6 Å². The maximum atomic E-state index is 13.2. The van der Waals surface area contributed by atoms with Gasteiger partial charge in [0.2, 0.25) is 0 Å². The zero-order valence-electron chi connectivity index (χ0n) is 19.1. The van der Waals surface area contributed by atoms with Gasteiger partial charge < -0.3 is 24.2 Å². The number of carbonyl (C=O) groups excluding carboxylic acids is 2. The van der Waals surface area contributed by atoms with E-state index in [1.165, 1.54) is 19.1 Å². The van der Waals surface area contributed by atoms with Crippen LogP contribution < -0.4 is 9.47 Å². The lowest BCUT2D eigenvalue weighted by molar-refractivity contribution is -0.140. The first-order chi connectivity index (χ1) is 16.4. The van der Waals surface area contributed by atoms with Crippen LogP contribution >= 0.6 is 11.6 Å². The second-order valence-electron chi connectivity index (χ2n) is 8.07. The Labute approximate surface area is 203 Å². The van der Waals surface area contributed by atoms with E-state index in [4.69, 9.17) is 25.8 Å². The molecule has 0 spiro atoms. The molecule has 0 bridgehead atoms. The zero-order valence-corrected chi connectivity index (χ0v) is 19.9. The van der Waals surface area contributed by atoms with Crippen LogP contribution in [0, 0.1) is 0 Å². The highest BCUT2D eigenvalue weighted by atomic mass is 35.5. The largest absolute Gasteiger partial charge is 0.507 e. The molecule has 2 heterocycles. The number of Topliss-reactive ketones (excluding diaryl/α,β-unsaturated/α-hetero) is 1. The molecular weight excluding hydrogens is 460 g/mol. The van der Waals surface area contributed by atoms with Crippen molar-refractivity contribution in [1.82, 2.24) is 9.80 Å². The lowest BCUT2D eigenvalue weighted by Gasteiger charge is -2.31. The number of benzene rings is 2. The molecule has 2 fully saturated rings. The highest BCUT2D eigenvalue weighted by Crippen LogP contribution is 2.41. The smallest absolute Gasteiger partial charge is 0.295 e. The van der Waals surface area contributed by atoms with Gasteiger partial charge in [0.05, 0.1) is 39.0 Å². The quantitative estimate of drug-likeness (QED) is 0.365. The number of ketones is 1. The number of nitrogens with zero attached hydrogens (tertiary/aromatic N) is 2. The molecule has 2 aromatic rings. The molecule has 2 saturated heterocycles. The molecule has 2 aliphatic heterocycles. The van der Waals surface area contributed by atoms with Gasteiger partial charge in [0.1, 0.15) is 5.76 Å². The highest BCUT2D eigenvalue weighted by Gasteiger charge is 2.46. The highest BCUT2D eigenvalue weighted by molar-refractivity contribution is 6.46. The van der Waals surface area contributed by atoms with Crippen LogP contribution in [-0.2, 0) is 14.3 Å². The summed E-state index contributed by atoms with van der Waals surface area (Å²) in [5.41, 5.74) is 1.07. The van der Waals surface area contributed by atoms with E-state index in [9.17, 15) is 14.7 Å². The van der Waals surface area contributed by atoms with E-state index < -0.39 is 17.7 Å². The van der Waals surface area contributed by atoms with Gasteiger partial charge in [0.15, 0.2) is 11.5 Å². The minimum Gasteiger partial charge on any atom is -0.507 e. The Bertz CT molecular complexity index is 1100. The number of likely N-dealkylation sites (tertiary alicyclic amines) is 1. The SMILES string of the molecule is COc1ccc(C2/C(=C(/O)c3ccc(Cl)cc3)C(=O)C(=O)N2CCN2CCOCC2)cc1OC. The Hall–Kier alpha value is -3.07. The second kappa shape index (κ2) is 10.5. The molecule has 8 nitrogen and oxygen atoms in total. The van der Waals surface area contributed by atoms with Gasteiger partial charge in [-0.1, -0.05) is 17.7 Å². The molecule has 2 aliphatic rings. The number of ether oxygens (including phenoxy) is 3. The summed E-state index contributed by atoms with van der Waals surface area (Å²) in [5.74, 6) is -0.638. The number of amides is 1. The van der Waals surface area contributed by atoms with E-state index in [0.29, 0.717) is 54.0 Å². The first-order valence-corrected chi connectivity index (χ1v) is 11.4. The molecule has 0 aliphatic carbocycles. The molecule has 2 aromatic carbocycles. The van der Waals surface area contributed by atoms with Crippen LogP contribution in [0.15, 0.2) is 48.0 Å². The molecule has 0 aromatic heterocycles. The summed E-state index contributed by atoms with van der Waals surface area (Å²) >= 11 is 5.99. The molecule has 180 valence electrons. The second-order valence-corrected chi connectivity index (χ2v) is 8.50. The first kappa shape index (κ1) is 24.1. The number of methoxy groups -OCH3 is 2. The summed E-state index contributed by atoms with van der Waals surface area (Å²) in [6.07, 6.45) is 0. The van der Waals surface area contributed by atoms with Gasteiger partial charge in [0, 0.05) is 36.8 Å². The van der Waals surface area contributed by atoms with Gasteiger partial charge in [-0.25, -0.2) is 0 Å². The number of aliphatic hydroxyl groups excluding tert-OH is 1. The third-order valence-corrected chi connectivity index (χ3v) is 6.39. The number of carbonyl (C=O) groups is 2. The van der Waals surface area contributed by atoms with Gasteiger partial charge in [-0.2, -0.15) is 0 Å². The molecule has 1 unspecified atom stereocenters. The van der Waals surface area contributed by atoms with Gasteiger partial charge >= 0.3 is 0 Å². The van der Waals surface area contributed by atoms with Crippen molar-refractivity contribution in [2.24, 2.45) is 0 Å². The Balaban J connectivity index is 1.77. The van der Waals surface area contributed by atoms with Crippen molar-refractivity contribution in [3.63, 3.8) is 0 Å².